The van der Waals surface area contributed by atoms with E-state index in [2.05, 4.69) is 9.97 Å². The zero-order valence-electron chi connectivity index (χ0n) is 8.21. The first-order chi connectivity index (χ1) is 8.08. The van der Waals surface area contributed by atoms with Crippen molar-refractivity contribution in [3.63, 3.8) is 0 Å². The second-order valence-electron chi connectivity index (χ2n) is 3.03. The molecule has 2 rings (SSSR count). The van der Waals surface area contributed by atoms with Crippen LogP contribution < -0.4 is 5.56 Å². The molecule has 0 radical (unpaired) electrons. The average Bonchev–Trinajstić information content (AvgIpc) is 2.30. The topological polar surface area (TPSA) is 45.8 Å². The van der Waals surface area contributed by atoms with Crippen LogP contribution in [0.1, 0.15) is 0 Å². The highest BCUT2D eigenvalue weighted by Crippen LogP contribution is 2.33. The monoisotopic (exact) mass is 306 g/mol. The Kier molecular flexibility index (Phi) is 3.99. The molecule has 1 N–H and O–H groups in total. The molecule has 0 spiro atoms. The van der Waals surface area contributed by atoms with Gasteiger partial charge in [-0.15, -0.1) is 0 Å². The molecule has 0 fully saturated rings. The van der Waals surface area contributed by atoms with E-state index in [0.29, 0.717) is 15.1 Å². The van der Waals surface area contributed by atoms with Crippen LogP contribution in [0.2, 0.25) is 15.1 Å². The Morgan fingerprint density at radius 3 is 2.65 bits per heavy atom. The second-order valence-corrected chi connectivity index (χ2v) is 5.28. The van der Waals surface area contributed by atoms with E-state index in [1.807, 2.05) is 0 Å². The maximum atomic E-state index is 11.3. The molecule has 7 heteroatoms. The number of nitrogens with zero attached hydrogens (tertiary/aromatic N) is 1. The van der Waals surface area contributed by atoms with E-state index in [-0.39, 0.29) is 10.6 Å². The molecular weight excluding hydrogens is 303 g/mol. The zero-order valence-corrected chi connectivity index (χ0v) is 11.3. The van der Waals surface area contributed by atoms with Crippen LogP contribution in [0, 0.1) is 0 Å². The predicted octanol–water partition coefficient (Wildman–Crippen LogP) is 3.88. The molecule has 0 unspecified atom stereocenters. The smallest absolute Gasteiger partial charge is 0.270 e. The van der Waals surface area contributed by atoms with Crippen LogP contribution in [0.15, 0.2) is 39.2 Å². The molecule has 1 aromatic heterocycles. The number of aromatic nitrogens is 2. The van der Waals surface area contributed by atoms with Gasteiger partial charge in [0, 0.05) is 4.90 Å². The minimum Gasteiger partial charge on any atom is -0.312 e. The number of nitrogens with one attached hydrogen (secondary N) is 1. The van der Waals surface area contributed by atoms with E-state index in [1.165, 1.54) is 18.1 Å². The quantitative estimate of drug-likeness (QED) is 0.856. The SMILES string of the molecule is O=c1[nH]cnc(Sc2ccc(Cl)c(Cl)c2)c1Cl. The molecule has 0 atom stereocenters. The van der Waals surface area contributed by atoms with Crippen molar-refractivity contribution >= 4 is 46.6 Å². The maximum Gasteiger partial charge on any atom is 0.270 e. The standard InChI is InChI=1S/C10H5Cl3N2OS/c11-6-2-1-5(3-7(6)12)17-10-8(13)9(16)14-4-15-10/h1-4H,(H,14,15,16). The second kappa shape index (κ2) is 5.31. The van der Waals surface area contributed by atoms with Crippen LogP contribution in [0.5, 0.6) is 0 Å². The Morgan fingerprint density at radius 1 is 1.18 bits per heavy atom. The molecule has 0 saturated carbocycles. The van der Waals surface area contributed by atoms with E-state index in [1.54, 1.807) is 18.2 Å². The van der Waals surface area contributed by atoms with Gasteiger partial charge in [-0.25, -0.2) is 4.98 Å². The van der Waals surface area contributed by atoms with Gasteiger partial charge in [0.15, 0.2) is 0 Å². The lowest BCUT2D eigenvalue weighted by Gasteiger charge is -2.03. The molecule has 88 valence electrons. The van der Waals surface area contributed by atoms with Crippen molar-refractivity contribution in [1.82, 2.24) is 9.97 Å². The summed E-state index contributed by atoms with van der Waals surface area (Å²) < 4.78 is 0. The molecule has 0 aliphatic carbocycles. The first-order valence-corrected chi connectivity index (χ1v) is 6.39. The predicted molar refractivity (Wildman–Crippen MR) is 70.5 cm³/mol. The summed E-state index contributed by atoms with van der Waals surface area (Å²) in [6, 6.07) is 5.14. The van der Waals surface area contributed by atoms with Crippen molar-refractivity contribution in [2.75, 3.05) is 0 Å². The van der Waals surface area contributed by atoms with E-state index in [9.17, 15) is 4.79 Å². The largest absolute Gasteiger partial charge is 0.312 e. The number of benzene rings is 1. The van der Waals surface area contributed by atoms with Gasteiger partial charge < -0.3 is 4.98 Å². The van der Waals surface area contributed by atoms with Gasteiger partial charge in [-0.2, -0.15) is 0 Å². The van der Waals surface area contributed by atoms with Gasteiger partial charge in [0.05, 0.1) is 16.4 Å². The average molecular weight is 308 g/mol. The highest BCUT2D eigenvalue weighted by Gasteiger charge is 2.08. The highest BCUT2D eigenvalue weighted by atomic mass is 35.5. The first-order valence-electron chi connectivity index (χ1n) is 4.44. The van der Waals surface area contributed by atoms with Crippen LogP contribution in [-0.4, -0.2) is 9.97 Å². The number of halogens is 3. The molecule has 1 heterocycles. The van der Waals surface area contributed by atoms with Crippen molar-refractivity contribution in [2.24, 2.45) is 0 Å². The van der Waals surface area contributed by atoms with Crippen molar-refractivity contribution in [1.29, 1.82) is 0 Å². The molecule has 2 aromatic rings. The van der Waals surface area contributed by atoms with Crippen LogP contribution >= 0.6 is 46.6 Å². The van der Waals surface area contributed by atoms with Crippen LogP contribution in [0.25, 0.3) is 0 Å². The minimum absolute atomic E-state index is 0.0589. The molecule has 17 heavy (non-hydrogen) atoms. The Bertz CT molecular complexity index is 615. The van der Waals surface area contributed by atoms with Gasteiger partial charge in [-0.3, -0.25) is 4.79 Å². The Labute approximate surface area is 116 Å². The Morgan fingerprint density at radius 2 is 1.94 bits per heavy atom. The zero-order chi connectivity index (χ0) is 12.4. The summed E-state index contributed by atoms with van der Waals surface area (Å²) in [6.07, 6.45) is 1.30. The van der Waals surface area contributed by atoms with Gasteiger partial charge >= 0.3 is 0 Å². The third-order valence-corrected chi connectivity index (χ3v) is 4.06. The minimum atomic E-state index is -0.371. The van der Waals surface area contributed by atoms with Gasteiger partial charge in [-0.05, 0) is 18.2 Å². The lowest BCUT2D eigenvalue weighted by atomic mass is 10.4. The molecule has 0 aliphatic heterocycles. The van der Waals surface area contributed by atoms with Crippen molar-refractivity contribution in [3.05, 3.63) is 49.9 Å². The lowest BCUT2D eigenvalue weighted by molar-refractivity contribution is 1.01. The van der Waals surface area contributed by atoms with Gasteiger partial charge in [-0.1, -0.05) is 46.6 Å². The van der Waals surface area contributed by atoms with E-state index in [4.69, 9.17) is 34.8 Å². The number of rotatable bonds is 2. The summed E-state index contributed by atoms with van der Waals surface area (Å²) in [6.45, 7) is 0. The summed E-state index contributed by atoms with van der Waals surface area (Å²) in [5, 5.41) is 1.40. The molecule has 1 aromatic carbocycles. The maximum absolute atomic E-state index is 11.3. The highest BCUT2D eigenvalue weighted by molar-refractivity contribution is 7.99. The van der Waals surface area contributed by atoms with Crippen LogP contribution in [0.3, 0.4) is 0 Å². The molecule has 0 amide bonds. The lowest BCUT2D eigenvalue weighted by Crippen LogP contribution is -2.07. The van der Waals surface area contributed by atoms with Crippen LogP contribution in [-0.2, 0) is 0 Å². The van der Waals surface area contributed by atoms with E-state index >= 15 is 0 Å². The molecule has 0 aliphatic rings. The van der Waals surface area contributed by atoms with Crippen molar-refractivity contribution in [2.45, 2.75) is 9.92 Å². The van der Waals surface area contributed by atoms with Crippen LogP contribution in [0.4, 0.5) is 0 Å². The number of aromatic amines is 1. The molecule has 3 nitrogen and oxygen atoms in total. The fraction of sp³-hybridized carbons (Fsp3) is 0. The molecular formula is C10H5Cl3N2OS. The number of H-pyrrole nitrogens is 1. The summed E-state index contributed by atoms with van der Waals surface area (Å²) in [5.41, 5.74) is -0.371. The van der Waals surface area contributed by atoms with Gasteiger partial charge in [0.2, 0.25) is 0 Å². The number of hydrogen-bond acceptors (Lipinski definition) is 3. The molecule has 0 saturated heterocycles. The number of hydrogen-bond donors (Lipinski definition) is 1. The third-order valence-electron chi connectivity index (χ3n) is 1.87. The normalized spacial score (nSPS) is 10.5. The van der Waals surface area contributed by atoms with Crippen molar-refractivity contribution in [3.8, 4) is 0 Å². The Balaban J connectivity index is 2.35. The van der Waals surface area contributed by atoms with Gasteiger partial charge in [0.25, 0.3) is 5.56 Å². The first kappa shape index (κ1) is 12.8. The summed E-state index contributed by atoms with van der Waals surface area (Å²) >= 11 is 18.8. The Hall–Kier alpha value is -0.680. The fourth-order valence-corrected chi connectivity index (χ4v) is 2.50. The van der Waals surface area contributed by atoms with E-state index < -0.39 is 0 Å². The summed E-state index contributed by atoms with van der Waals surface area (Å²) in [5.74, 6) is 0. The van der Waals surface area contributed by atoms with E-state index in [0.717, 1.165) is 4.90 Å². The summed E-state index contributed by atoms with van der Waals surface area (Å²) in [7, 11) is 0. The fourth-order valence-electron chi connectivity index (χ4n) is 1.09. The van der Waals surface area contributed by atoms with Crippen molar-refractivity contribution < 1.29 is 0 Å². The van der Waals surface area contributed by atoms with Gasteiger partial charge in [0.1, 0.15) is 10.0 Å². The third kappa shape index (κ3) is 2.96. The molecule has 0 bridgehead atoms. The summed E-state index contributed by atoms with van der Waals surface area (Å²) in [4.78, 5) is 18.4.